The maximum absolute atomic E-state index is 6.00. The highest BCUT2D eigenvalue weighted by Gasteiger charge is 2.43. The van der Waals surface area contributed by atoms with Crippen molar-refractivity contribution in [2.75, 3.05) is 20.3 Å². The highest BCUT2D eigenvalue weighted by Crippen LogP contribution is 2.51. The topological polar surface area (TPSA) is 27.7 Å². The van der Waals surface area contributed by atoms with Crippen LogP contribution in [0, 0.1) is 0 Å². The zero-order chi connectivity index (χ0) is 13.0. The second-order valence-electron chi connectivity index (χ2n) is 5.60. The van der Waals surface area contributed by atoms with Gasteiger partial charge in [-0.15, -0.1) is 0 Å². The lowest BCUT2D eigenvalue weighted by Gasteiger charge is -2.31. The first-order valence-corrected chi connectivity index (χ1v) is 6.57. The van der Waals surface area contributed by atoms with Crippen molar-refractivity contribution in [1.82, 2.24) is 0 Å². The Morgan fingerprint density at radius 2 is 1.95 bits per heavy atom. The molecule has 0 N–H and O–H groups in total. The van der Waals surface area contributed by atoms with Gasteiger partial charge >= 0.3 is 0 Å². The molecule has 0 amide bonds. The lowest BCUT2D eigenvalue weighted by Crippen LogP contribution is -2.34. The molecule has 0 bridgehead atoms. The van der Waals surface area contributed by atoms with E-state index >= 15 is 0 Å². The van der Waals surface area contributed by atoms with Gasteiger partial charge in [0.05, 0.1) is 25.7 Å². The number of fused-ring (bicyclic) bond motifs is 2. The summed E-state index contributed by atoms with van der Waals surface area (Å²) >= 11 is 0. The van der Waals surface area contributed by atoms with Gasteiger partial charge in [-0.2, -0.15) is 0 Å². The Morgan fingerprint density at radius 1 is 1.16 bits per heavy atom. The maximum atomic E-state index is 6.00. The molecule has 2 aliphatic rings. The molecule has 0 radical (unpaired) electrons. The summed E-state index contributed by atoms with van der Waals surface area (Å²) in [5.74, 6) is 1.96. The molecule has 0 saturated heterocycles. The molecular weight excluding hydrogens is 240 g/mol. The van der Waals surface area contributed by atoms with E-state index < -0.39 is 0 Å². The molecule has 0 fully saturated rings. The smallest absolute Gasteiger partial charge is 0.132 e. The van der Waals surface area contributed by atoms with Crippen LogP contribution in [0.3, 0.4) is 0 Å². The van der Waals surface area contributed by atoms with Crippen LogP contribution in [0.25, 0.3) is 10.8 Å². The molecule has 2 aliphatic heterocycles. The summed E-state index contributed by atoms with van der Waals surface area (Å²) in [5, 5.41) is 2.25. The Hall–Kier alpha value is -1.74. The highest BCUT2D eigenvalue weighted by molar-refractivity contribution is 5.97. The number of hydrogen-bond acceptors (Lipinski definition) is 3. The van der Waals surface area contributed by atoms with Gasteiger partial charge in [-0.25, -0.2) is 0 Å². The lowest BCUT2D eigenvalue weighted by atomic mass is 9.79. The van der Waals surface area contributed by atoms with E-state index in [0.29, 0.717) is 19.8 Å². The number of ether oxygens (including phenoxy) is 3. The van der Waals surface area contributed by atoms with Crippen molar-refractivity contribution in [1.29, 1.82) is 0 Å². The molecule has 0 aromatic heterocycles. The van der Waals surface area contributed by atoms with Crippen LogP contribution < -0.4 is 9.47 Å². The van der Waals surface area contributed by atoms with E-state index in [-0.39, 0.29) is 5.41 Å². The predicted octanol–water partition coefficient (Wildman–Crippen LogP) is 3.03. The van der Waals surface area contributed by atoms with Crippen LogP contribution >= 0.6 is 0 Å². The third-order valence-corrected chi connectivity index (χ3v) is 4.23. The molecule has 0 saturated carbocycles. The van der Waals surface area contributed by atoms with Gasteiger partial charge in [-0.05, 0) is 6.92 Å². The third-order valence-electron chi connectivity index (χ3n) is 4.23. The third kappa shape index (κ3) is 1.31. The minimum Gasteiger partial charge on any atom is -0.496 e. The van der Waals surface area contributed by atoms with Crippen molar-refractivity contribution < 1.29 is 14.2 Å². The molecule has 98 valence electrons. The molecular formula is C16H16O3. The summed E-state index contributed by atoms with van der Waals surface area (Å²) in [6.07, 6.45) is 0. The highest BCUT2D eigenvalue weighted by atomic mass is 16.5. The van der Waals surface area contributed by atoms with E-state index in [2.05, 4.69) is 19.1 Å². The first-order chi connectivity index (χ1) is 9.24. The fourth-order valence-electron chi connectivity index (χ4n) is 3.38. The Morgan fingerprint density at radius 3 is 2.74 bits per heavy atom. The predicted molar refractivity (Wildman–Crippen MR) is 73.0 cm³/mol. The summed E-state index contributed by atoms with van der Waals surface area (Å²) < 4.78 is 17.4. The van der Waals surface area contributed by atoms with Gasteiger partial charge in [-0.3, -0.25) is 0 Å². The van der Waals surface area contributed by atoms with Crippen LogP contribution in [0.15, 0.2) is 24.3 Å². The van der Waals surface area contributed by atoms with Gasteiger partial charge in [0.25, 0.3) is 0 Å². The van der Waals surface area contributed by atoms with E-state index in [1.807, 2.05) is 12.1 Å². The standard InChI is InChI=1S/C16H16O3/c1-16-8-18-7-12-13(16)15(19-9-16)11-6-4-3-5-10(11)14(12)17-2/h3-6H,7-9H2,1-2H3. The molecule has 1 unspecified atom stereocenters. The van der Waals surface area contributed by atoms with Gasteiger partial charge in [-0.1, -0.05) is 24.3 Å². The Bertz CT molecular complexity index is 677. The quantitative estimate of drug-likeness (QED) is 0.785. The van der Waals surface area contributed by atoms with Gasteiger partial charge in [0.2, 0.25) is 0 Å². The van der Waals surface area contributed by atoms with Crippen LogP contribution in [0.2, 0.25) is 0 Å². The number of hydrogen-bond donors (Lipinski definition) is 0. The Balaban J connectivity index is 2.18. The van der Waals surface area contributed by atoms with Crippen LogP contribution in [0.1, 0.15) is 18.1 Å². The van der Waals surface area contributed by atoms with Gasteiger partial charge in [0.1, 0.15) is 18.1 Å². The fourth-order valence-corrected chi connectivity index (χ4v) is 3.38. The van der Waals surface area contributed by atoms with E-state index in [1.165, 1.54) is 5.56 Å². The normalized spacial score (nSPS) is 24.1. The lowest BCUT2D eigenvalue weighted by molar-refractivity contribution is 0.0506. The average Bonchev–Trinajstić information content (AvgIpc) is 2.79. The number of benzene rings is 2. The van der Waals surface area contributed by atoms with E-state index in [9.17, 15) is 0 Å². The molecule has 3 heteroatoms. The van der Waals surface area contributed by atoms with Crippen LogP contribution in [-0.2, 0) is 16.8 Å². The second kappa shape index (κ2) is 3.64. The summed E-state index contributed by atoms with van der Waals surface area (Å²) in [5.41, 5.74) is 2.40. The first-order valence-electron chi connectivity index (χ1n) is 6.57. The van der Waals surface area contributed by atoms with Crippen molar-refractivity contribution in [3.8, 4) is 11.5 Å². The minimum atomic E-state index is -0.0414. The molecule has 0 spiro atoms. The van der Waals surface area contributed by atoms with E-state index in [1.54, 1.807) is 7.11 Å². The molecule has 2 heterocycles. The molecule has 1 atom stereocenters. The molecule has 0 aliphatic carbocycles. The summed E-state index contributed by atoms with van der Waals surface area (Å²) in [6.45, 7) is 4.21. The zero-order valence-corrected chi connectivity index (χ0v) is 11.2. The van der Waals surface area contributed by atoms with Crippen LogP contribution in [0.4, 0.5) is 0 Å². The van der Waals surface area contributed by atoms with E-state index in [4.69, 9.17) is 14.2 Å². The van der Waals surface area contributed by atoms with Crippen molar-refractivity contribution in [3.63, 3.8) is 0 Å². The monoisotopic (exact) mass is 256 g/mol. The average molecular weight is 256 g/mol. The second-order valence-corrected chi connectivity index (χ2v) is 5.60. The summed E-state index contributed by atoms with van der Waals surface area (Å²) in [7, 11) is 1.73. The SMILES string of the molecule is COc1c2c3c(c4ccccc14)OCC3(C)COC2. The van der Waals surface area contributed by atoms with Crippen molar-refractivity contribution in [3.05, 3.63) is 35.4 Å². The van der Waals surface area contributed by atoms with Crippen molar-refractivity contribution in [2.45, 2.75) is 18.9 Å². The van der Waals surface area contributed by atoms with Crippen molar-refractivity contribution in [2.24, 2.45) is 0 Å². The van der Waals surface area contributed by atoms with Gasteiger partial charge in [0.15, 0.2) is 0 Å². The minimum absolute atomic E-state index is 0.0414. The maximum Gasteiger partial charge on any atom is 0.132 e. The Labute approximate surface area is 112 Å². The summed E-state index contributed by atoms with van der Waals surface area (Å²) in [6, 6.07) is 8.26. The molecule has 19 heavy (non-hydrogen) atoms. The molecule has 2 aromatic rings. The van der Waals surface area contributed by atoms with Crippen LogP contribution in [-0.4, -0.2) is 20.3 Å². The molecule has 2 aromatic carbocycles. The van der Waals surface area contributed by atoms with Gasteiger partial charge in [0, 0.05) is 21.9 Å². The zero-order valence-electron chi connectivity index (χ0n) is 11.2. The number of rotatable bonds is 1. The largest absolute Gasteiger partial charge is 0.496 e. The summed E-state index contributed by atoms with van der Waals surface area (Å²) in [4.78, 5) is 0. The molecule has 4 rings (SSSR count). The molecule has 3 nitrogen and oxygen atoms in total. The Kier molecular flexibility index (Phi) is 2.13. The van der Waals surface area contributed by atoms with Gasteiger partial charge < -0.3 is 14.2 Å². The van der Waals surface area contributed by atoms with E-state index in [0.717, 1.165) is 27.8 Å². The first kappa shape index (κ1) is 11.1. The van der Waals surface area contributed by atoms with Crippen LogP contribution in [0.5, 0.6) is 11.5 Å². The fraction of sp³-hybridized carbons (Fsp3) is 0.375. The number of methoxy groups -OCH3 is 1. The van der Waals surface area contributed by atoms with Crippen molar-refractivity contribution >= 4 is 10.8 Å².